The number of nitriles is 2. The van der Waals surface area contributed by atoms with Crippen molar-refractivity contribution in [3.8, 4) is 17.9 Å². The van der Waals surface area contributed by atoms with Crippen LogP contribution < -0.4 is 10.5 Å². The lowest BCUT2D eigenvalue weighted by Crippen LogP contribution is -2.09. The van der Waals surface area contributed by atoms with Crippen LogP contribution >= 0.6 is 0 Å². The van der Waals surface area contributed by atoms with Gasteiger partial charge in [-0.2, -0.15) is 10.5 Å². The summed E-state index contributed by atoms with van der Waals surface area (Å²) in [6.07, 6.45) is 1.46. The van der Waals surface area contributed by atoms with Gasteiger partial charge in [-0.15, -0.1) is 0 Å². The third kappa shape index (κ3) is 2.82. The van der Waals surface area contributed by atoms with E-state index in [2.05, 4.69) is 4.98 Å². The van der Waals surface area contributed by atoms with Crippen molar-refractivity contribution in [2.45, 2.75) is 6.54 Å². The van der Waals surface area contributed by atoms with E-state index < -0.39 is 0 Å². The van der Waals surface area contributed by atoms with Crippen molar-refractivity contribution in [2.75, 3.05) is 12.3 Å². The molecule has 2 aromatic rings. The second-order valence-corrected chi connectivity index (χ2v) is 3.78. The smallest absolute Gasteiger partial charge is 0.176 e. The normalized spacial score (nSPS) is 9.58. The average molecular weight is 253 g/mol. The van der Waals surface area contributed by atoms with E-state index in [9.17, 15) is 0 Å². The highest BCUT2D eigenvalue weighted by Crippen LogP contribution is 2.13. The van der Waals surface area contributed by atoms with Gasteiger partial charge in [0.15, 0.2) is 11.4 Å². The third-order valence-corrected chi connectivity index (χ3v) is 2.53. The zero-order chi connectivity index (χ0) is 13.7. The maximum atomic E-state index is 8.95. The number of rotatable bonds is 4. The third-order valence-electron chi connectivity index (χ3n) is 2.53. The van der Waals surface area contributed by atoms with Gasteiger partial charge in [-0.1, -0.05) is 0 Å². The summed E-state index contributed by atoms with van der Waals surface area (Å²) in [7, 11) is 0. The molecule has 0 fully saturated rings. The van der Waals surface area contributed by atoms with Gasteiger partial charge in [0, 0.05) is 5.69 Å². The molecule has 0 bridgehead atoms. The van der Waals surface area contributed by atoms with Gasteiger partial charge in [0.05, 0.1) is 12.9 Å². The van der Waals surface area contributed by atoms with Crippen LogP contribution in [0.5, 0.6) is 5.75 Å². The molecule has 0 saturated carbocycles. The van der Waals surface area contributed by atoms with Crippen molar-refractivity contribution in [1.29, 1.82) is 10.5 Å². The fraction of sp³-hybridized carbons (Fsp3) is 0.154. The Balaban J connectivity index is 1.97. The van der Waals surface area contributed by atoms with Gasteiger partial charge in [0.2, 0.25) is 0 Å². The predicted molar refractivity (Wildman–Crippen MR) is 68.0 cm³/mol. The molecule has 0 aliphatic heterocycles. The second-order valence-electron chi connectivity index (χ2n) is 3.78. The molecule has 19 heavy (non-hydrogen) atoms. The van der Waals surface area contributed by atoms with Crippen LogP contribution in [-0.4, -0.2) is 16.2 Å². The van der Waals surface area contributed by atoms with Crippen LogP contribution in [0.2, 0.25) is 0 Å². The summed E-state index contributed by atoms with van der Waals surface area (Å²) in [6.45, 7) is 0.821. The first-order chi connectivity index (χ1) is 9.24. The Bertz CT molecular complexity index is 645. The molecular formula is C13H11N5O. The molecule has 0 radical (unpaired) electrons. The molecule has 0 aliphatic rings. The first-order valence-electron chi connectivity index (χ1n) is 5.58. The molecule has 6 nitrogen and oxygen atoms in total. The predicted octanol–water partition coefficient (Wildman–Crippen LogP) is 1.29. The lowest BCUT2D eigenvalue weighted by molar-refractivity contribution is 0.298. The van der Waals surface area contributed by atoms with E-state index in [0.717, 1.165) is 0 Å². The van der Waals surface area contributed by atoms with Crippen LogP contribution in [-0.2, 0) is 6.54 Å². The van der Waals surface area contributed by atoms with Gasteiger partial charge in [0.1, 0.15) is 24.5 Å². The van der Waals surface area contributed by atoms with Gasteiger partial charge in [-0.05, 0) is 24.3 Å². The van der Waals surface area contributed by atoms with Crippen LogP contribution in [0.3, 0.4) is 0 Å². The second kappa shape index (κ2) is 5.56. The molecule has 94 valence electrons. The van der Waals surface area contributed by atoms with Crippen LogP contribution in [0, 0.1) is 22.7 Å². The van der Waals surface area contributed by atoms with E-state index >= 15 is 0 Å². The van der Waals surface area contributed by atoms with Crippen molar-refractivity contribution >= 4 is 5.69 Å². The number of anilines is 1. The fourth-order valence-electron chi connectivity index (χ4n) is 1.58. The molecule has 6 heteroatoms. The molecule has 1 heterocycles. The topological polar surface area (TPSA) is 101 Å². The first-order valence-corrected chi connectivity index (χ1v) is 5.58. The van der Waals surface area contributed by atoms with Crippen molar-refractivity contribution in [2.24, 2.45) is 0 Å². The molecule has 0 amide bonds. The minimum atomic E-state index is 0.134. The van der Waals surface area contributed by atoms with Crippen LogP contribution in [0.1, 0.15) is 11.4 Å². The number of benzene rings is 1. The summed E-state index contributed by atoms with van der Waals surface area (Å²) in [5.41, 5.74) is 6.63. The number of ether oxygens (including phenoxy) is 1. The lowest BCUT2D eigenvalue weighted by atomic mass is 10.3. The van der Waals surface area contributed by atoms with Crippen LogP contribution in [0.25, 0.3) is 0 Å². The van der Waals surface area contributed by atoms with E-state index in [1.54, 1.807) is 28.8 Å². The van der Waals surface area contributed by atoms with Crippen LogP contribution in [0.15, 0.2) is 30.6 Å². The Hall–Kier alpha value is -2.99. The minimum Gasteiger partial charge on any atom is -0.492 e. The number of hydrogen-bond donors (Lipinski definition) is 1. The SMILES string of the molecule is N#Cc1ncn(CCOc2ccc(N)cc2)c1C#N. The van der Waals surface area contributed by atoms with E-state index in [1.807, 2.05) is 12.1 Å². The Morgan fingerprint density at radius 2 is 1.95 bits per heavy atom. The number of nitrogens with two attached hydrogens (primary N) is 1. The lowest BCUT2D eigenvalue weighted by Gasteiger charge is -2.07. The Labute approximate surface area is 110 Å². The largest absolute Gasteiger partial charge is 0.492 e. The zero-order valence-corrected chi connectivity index (χ0v) is 10.1. The number of aromatic nitrogens is 2. The van der Waals surface area contributed by atoms with Crippen molar-refractivity contribution < 1.29 is 4.74 Å². The van der Waals surface area contributed by atoms with Gasteiger partial charge >= 0.3 is 0 Å². The number of hydrogen-bond acceptors (Lipinski definition) is 5. The minimum absolute atomic E-state index is 0.134. The maximum Gasteiger partial charge on any atom is 0.176 e. The van der Waals surface area contributed by atoms with Gasteiger partial charge in [0.25, 0.3) is 0 Å². The fourth-order valence-corrected chi connectivity index (χ4v) is 1.58. The monoisotopic (exact) mass is 253 g/mol. The summed E-state index contributed by atoms with van der Waals surface area (Å²) in [4.78, 5) is 3.85. The Kier molecular flexibility index (Phi) is 3.65. The molecule has 2 rings (SSSR count). The summed E-state index contributed by atoms with van der Waals surface area (Å²) in [5.74, 6) is 0.702. The maximum absolute atomic E-state index is 8.95. The quantitative estimate of drug-likeness (QED) is 0.827. The van der Waals surface area contributed by atoms with Crippen molar-refractivity contribution in [1.82, 2.24) is 9.55 Å². The Morgan fingerprint density at radius 1 is 1.21 bits per heavy atom. The molecule has 0 unspecified atom stereocenters. The van der Waals surface area contributed by atoms with Gasteiger partial charge in [-0.3, -0.25) is 0 Å². The number of nitrogens with zero attached hydrogens (tertiary/aromatic N) is 4. The number of nitrogen functional groups attached to an aromatic ring is 1. The van der Waals surface area contributed by atoms with E-state index in [1.165, 1.54) is 6.33 Å². The standard InChI is InChI=1S/C13H11N5O/c14-7-12-13(8-15)18(9-17-12)5-6-19-11-3-1-10(16)2-4-11/h1-4,9H,5-6,16H2. The van der Waals surface area contributed by atoms with Gasteiger partial charge < -0.3 is 15.0 Å². The molecule has 0 atom stereocenters. The summed E-state index contributed by atoms with van der Waals surface area (Å²) in [6, 6.07) is 10.9. The highest BCUT2D eigenvalue weighted by atomic mass is 16.5. The van der Waals surface area contributed by atoms with Gasteiger partial charge in [-0.25, -0.2) is 4.98 Å². The molecular weight excluding hydrogens is 242 g/mol. The number of imidazole rings is 1. The highest BCUT2D eigenvalue weighted by molar-refractivity contribution is 5.41. The summed E-state index contributed by atoms with van der Waals surface area (Å²) >= 11 is 0. The van der Waals surface area contributed by atoms with E-state index in [-0.39, 0.29) is 11.4 Å². The molecule has 0 aliphatic carbocycles. The Morgan fingerprint density at radius 3 is 2.58 bits per heavy atom. The molecule has 0 spiro atoms. The first kappa shape index (κ1) is 12.5. The van der Waals surface area contributed by atoms with Crippen LogP contribution in [0.4, 0.5) is 5.69 Å². The molecule has 1 aromatic carbocycles. The highest BCUT2D eigenvalue weighted by Gasteiger charge is 2.09. The zero-order valence-electron chi connectivity index (χ0n) is 10.1. The molecule has 2 N–H and O–H groups in total. The van der Waals surface area contributed by atoms with E-state index in [4.69, 9.17) is 21.0 Å². The van der Waals surface area contributed by atoms with E-state index in [0.29, 0.717) is 24.6 Å². The van der Waals surface area contributed by atoms with Crippen molar-refractivity contribution in [3.63, 3.8) is 0 Å². The van der Waals surface area contributed by atoms with Crippen molar-refractivity contribution in [3.05, 3.63) is 42.0 Å². The summed E-state index contributed by atoms with van der Waals surface area (Å²) < 4.78 is 7.10. The summed E-state index contributed by atoms with van der Waals surface area (Å²) in [5, 5.41) is 17.7. The molecule has 1 aromatic heterocycles. The molecule has 0 saturated heterocycles. The average Bonchev–Trinajstić information content (AvgIpc) is 2.83.